The van der Waals surface area contributed by atoms with Gasteiger partial charge in [0.1, 0.15) is 0 Å². The second-order valence-electron chi connectivity index (χ2n) is 6.43. The zero-order valence-electron chi connectivity index (χ0n) is 12.7. The first-order valence-electron chi connectivity index (χ1n) is 8.13. The van der Waals surface area contributed by atoms with Crippen LogP contribution in [0, 0.1) is 16.8 Å². The van der Waals surface area contributed by atoms with E-state index >= 15 is 0 Å². The molecule has 1 unspecified atom stereocenters. The van der Waals surface area contributed by atoms with E-state index in [2.05, 4.69) is 9.88 Å². The van der Waals surface area contributed by atoms with Gasteiger partial charge in [0.05, 0.1) is 6.42 Å². The molecule has 1 aliphatic heterocycles. The van der Waals surface area contributed by atoms with Crippen LogP contribution in [0.15, 0.2) is 0 Å². The Hall–Kier alpha value is -0.680. The van der Waals surface area contributed by atoms with E-state index in [1.165, 1.54) is 44.9 Å². The van der Waals surface area contributed by atoms with Crippen molar-refractivity contribution in [2.75, 3.05) is 6.54 Å². The van der Waals surface area contributed by atoms with E-state index < -0.39 is 0 Å². The number of nitrogens with zero attached hydrogens (tertiary/aromatic N) is 1. The minimum absolute atomic E-state index is 0.302. The maximum absolute atomic E-state index is 12.7. The lowest BCUT2D eigenvalue weighted by molar-refractivity contribution is -0.132. The predicted molar refractivity (Wildman–Crippen MR) is 89.3 cm³/mol. The van der Waals surface area contributed by atoms with Crippen molar-refractivity contribution in [3.63, 3.8) is 0 Å². The Labute approximate surface area is 135 Å². The molecule has 1 saturated heterocycles. The van der Waals surface area contributed by atoms with Crippen LogP contribution < -0.4 is 0 Å². The van der Waals surface area contributed by atoms with Gasteiger partial charge >= 0.3 is 0 Å². The quantitative estimate of drug-likeness (QED) is 0.845. The highest BCUT2D eigenvalue weighted by molar-refractivity contribution is 7.73. The number of H-pyrrole nitrogens is 1. The summed E-state index contributed by atoms with van der Waals surface area (Å²) < 4.78 is 0.778. The first-order chi connectivity index (χ1) is 10.1. The Morgan fingerprint density at radius 1 is 1.29 bits per heavy atom. The van der Waals surface area contributed by atoms with E-state index in [0.29, 0.717) is 18.4 Å². The van der Waals surface area contributed by atoms with Gasteiger partial charge in [-0.05, 0) is 50.7 Å². The number of rotatable bonds is 3. The lowest BCUT2D eigenvalue weighted by Crippen LogP contribution is -2.41. The van der Waals surface area contributed by atoms with Crippen LogP contribution in [0.5, 0.6) is 0 Å². The Morgan fingerprint density at radius 2 is 2.05 bits per heavy atom. The molecule has 2 heterocycles. The van der Waals surface area contributed by atoms with Gasteiger partial charge in [-0.3, -0.25) is 4.79 Å². The summed E-state index contributed by atoms with van der Waals surface area (Å²) in [6.45, 7) is 2.96. The zero-order valence-corrected chi connectivity index (χ0v) is 14.3. The number of aromatic amines is 1. The number of nitrogens with one attached hydrogen (secondary N) is 1. The third-order valence-corrected chi connectivity index (χ3v) is 6.39. The number of hydrogen-bond acceptors (Lipinski definition) is 3. The highest BCUT2D eigenvalue weighted by atomic mass is 32.1. The third kappa shape index (κ3) is 3.39. The highest BCUT2D eigenvalue weighted by Crippen LogP contribution is 2.34. The molecule has 2 fully saturated rings. The highest BCUT2D eigenvalue weighted by Gasteiger charge is 2.35. The van der Waals surface area contributed by atoms with Gasteiger partial charge in [-0.25, -0.2) is 0 Å². The number of thiazole rings is 1. The molecular formula is C16H24N2OS2. The van der Waals surface area contributed by atoms with Gasteiger partial charge in [0.25, 0.3) is 0 Å². The van der Waals surface area contributed by atoms with Crippen LogP contribution in [0.25, 0.3) is 0 Å². The van der Waals surface area contributed by atoms with Gasteiger partial charge in [0.2, 0.25) is 5.91 Å². The van der Waals surface area contributed by atoms with Crippen molar-refractivity contribution in [3.8, 4) is 0 Å². The summed E-state index contributed by atoms with van der Waals surface area (Å²) in [5, 5.41) is 0. The second-order valence-corrected chi connectivity index (χ2v) is 8.21. The Kier molecular flexibility index (Phi) is 4.79. The van der Waals surface area contributed by atoms with Crippen molar-refractivity contribution in [1.29, 1.82) is 0 Å². The maximum atomic E-state index is 12.7. The van der Waals surface area contributed by atoms with Crippen LogP contribution in [0.4, 0.5) is 0 Å². The molecule has 3 rings (SSSR count). The number of carbonyl (C=O) groups is 1. The number of carbonyl (C=O) groups excluding carboxylic acids is 1. The normalized spacial score (nSPS) is 23.7. The molecular weight excluding hydrogens is 300 g/mol. The molecule has 1 N–H and O–H groups in total. The van der Waals surface area contributed by atoms with Crippen molar-refractivity contribution < 1.29 is 4.79 Å². The predicted octanol–water partition coefficient (Wildman–Crippen LogP) is 4.23. The van der Waals surface area contributed by atoms with Gasteiger partial charge < -0.3 is 9.88 Å². The van der Waals surface area contributed by atoms with Gasteiger partial charge in [0.15, 0.2) is 3.95 Å². The SMILES string of the molecule is Cc1[nH]c(=S)sc1CC(=O)N1CCCC1C1CCCCC1. The van der Waals surface area contributed by atoms with Gasteiger partial charge in [-0.2, -0.15) is 0 Å². The minimum Gasteiger partial charge on any atom is -0.341 e. The molecule has 21 heavy (non-hydrogen) atoms. The standard InChI is InChI=1S/C16H24N2OS2/c1-11-14(21-16(20)17-11)10-15(19)18-9-5-8-13(18)12-6-3-2-4-7-12/h12-13H,2-10H2,1H3,(H,17,20). The molecule has 3 nitrogen and oxygen atoms in total. The fraction of sp³-hybridized carbons (Fsp3) is 0.750. The number of amides is 1. The molecule has 1 aliphatic carbocycles. The summed E-state index contributed by atoms with van der Waals surface area (Å²) in [5.41, 5.74) is 1.06. The molecule has 2 aliphatic rings. The van der Waals surface area contributed by atoms with Crippen LogP contribution in [0.1, 0.15) is 55.5 Å². The summed E-state index contributed by atoms with van der Waals surface area (Å²) in [7, 11) is 0. The molecule has 0 radical (unpaired) electrons. The number of aryl methyl sites for hydroxylation is 1. The van der Waals surface area contributed by atoms with E-state index in [9.17, 15) is 4.79 Å². The van der Waals surface area contributed by atoms with Gasteiger partial charge in [-0.15, -0.1) is 11.3 Å². The Bertz CT molecular complexity index is 557. The van der Waals surface area contributed by atoms with Crippen molar-refractivity contribution in [2.45, 2.75) is 64.3 Å². The fourth-order valence-corrected chi connectivity index (χ4v) is 5.24. The summed E-state index contributed by atoms with van der Waals surface area (Å²) in [5.74, 6) is 1.05. The van der Waals surface area contributed by atoms with Crippen LogP contribution in [0.2, 0.25) is 0 Å². The van der Waals surface area contributed by atoms with Gasteiger partial charge in [0, 0.05) is 23.2 Å². The number of aromatic nitrogens is 1. The Morgan fingerprint density at radius 3 is 2.71 bits per heavy atom. The van der Waals surface area contributed by atoms with E-state index in [-0.39, 0.29) is 0 Å². The molecule has 0 aromatic carbocycles. The minimum atomic E-state index is 0.302. The van der Waals surface area contributed by atoms with Crippen molar-refractivity contribution >= 4 is 29.5 Å². The van der Waals surface area contributed by atoms with Crippen molar-refractivity contribution in [1.82, 2.24) is 9.88 Å². The summed E-state index contributed by atoms with van der Waals surface area (Å²) >= 11 is 6.72. The molecule has 1 amide bonds. The number of likely N-dealkylation sites (tertiary alicyclic amines) is 1. The average Bonchev–Trinajstić information content (AvgIpc) is 3.07. The molecule has 0 bridgehead atoms. The molecule has 1 aromatic rings. The molecule has 1 aromatic heterocycles. The topological polar surface area (TPSA) is 36.1 Å². The van der Waals surface area contributed by atoms with E-state index in [1.807, 2.05) is 6.92 Å². The zero-order chi connectivity index (χ0) is 14.8. The maximum Gasteiger partial charge on any atom is 0.228 e. The average molecular weight is 325 g/mol. The smallest absolute Gasteiger partial charge is 0.228 e. The number of hydrogen-bond donors (Lipinski definition) is 1. The molecule has 116 valence electrons. The second kappa shape index (κ2) is 6.61. The molecule has 1 saturated carbocycles. The monoisotopic (exact) mass is 324 g/mol. The summed E-state index contributed by atoms with van der Waals surface area (Å²) in [6.07, 6.45) is 9.61. The molecule has 5 heteroatoms. The van der Waals surface area contributed by atoms with E-state index in [4.69, 9.17) is 12.2 Å². The van der Waals surface area contributed by atoms with E-state index in [0.717, 1.165) is 27.0 Å². The van der Waals surface area contributed by atoms with Gasteiger partial charge in [-0.1, -0.05) is 19.3 Å². The van der Waals surface area contributed by atoms with Crippen LogP contribution in [0.3, 0.4) is 0 Å². The first kappa shape index (κ1) is 15.2. The van der Waals surface area contributed by atoms with E-state index in [1.54, 1.807) is 11.3 Å². The van der Waals surface area contributed by atoms with Crippen LogP contribution in [-0.4, -0.2) is 28.4 Å². The fourth-order valence-electron chi connectivity index (χ4n) is 3.96. The Balaban J connectivity index is 1.68. The van der Waals surface area contributed by atoms with Crippen LogP contribution >= 0.6 is 23.6 Å². The largest absolute Gasteiger partial charge is 0.341 e. The van der Waals surface area contributed by atoms with Crippen molar-refractivity contribution in [2.24, 2.45) is 5.92 Å². The lowest BCUT2D eigenvalue weighted by Gasteiger charge is -2.34. The summed E-state index contributed by atoms with van der Waals surface area (Å²) in [6, 6.07) is 0.505. The lowest BCUT2D eigenvalue weighted by atomic mass is 9.83. The molecule has 0 spiro atoms. The summed E-state index contributed by atoms with van der Waals surface area (Å²) in [4.78, 5) is 19.1. The third-order valence-electron chi connectivity index (χ3n) is 5.05. The first-order valence-corrected chi connectivity index (χ1v) is 9.35. The van der Waals surface area contributed by atoms with Crippen LogP contribution in [-0.2, 0) is 11.2 Å². The molecule has 1 atom stereocenters. The van der Waals surface area contributed by atoms with Crippen molar-refractivity contribution in [3.05, 3.63) is 14.5 Å².